The molecule has 25 heavy (non-hydrogen) atoms. The zero-order valence-electron chi connectivity index (χ0n) is 12.8. The van der Waals surface area contributed by atoms with Crippen molar-refractivity contribution in [2.75, 3.05) is 5.32 Å². The largest absolute Gasteiger partial charge is 0.440 e. The molecule has 0 aromatic heterocycles. The smallest absolute Gasteiger partial charge is 0.425 e. The fourth-order valence-corrected chi connectivity index (χ4v) is 2.14. The summed E-state index contributed by atoms with van der Waals surface area (Å²) in [4.78, 5) is 11.7. The van der Waals surface area contributed by atoms with Gasteiger partial charge in [-0.05, 0) is 18.4 Å². The van der Waals surface area contributed by atoms with Crippen molar-refractivity contribution in [3.63, 3.8) is 0 Å². The second-order valence-electron chi connectivity index (χ2n) is 5.28. The van der Waals surface area contributed by atoms with E-state index in [0.717, 1.165) is 5.39 Å². The summed E-state index contributed by atoms with van der Waals surface area (Å²) in [7, 11) is 0. The topological polar surface area (TPSA) is 38.3 Å². The Hall–Kier alpha value is -2.45. The molecule has 9 heteroatoms. The molecule has 0 saturated heterocycles. The lowest BCUT2D eigenvalue weighted by molar-refractivity contribution is -0.264. The number of carbonyl (C=O) groups is 1. The van der Waals surface area contributed by atoms with Crippen molar-refractivity contribution < 1.29 is 35.9 Å². The molecule has 2 aromatic rings. The van der Waals surface area contributed by atoms with Crippen LogP contribution in [-0.2, 0) is 4.74 Å². The quantitative estimate of drug-likeness (QED) is 0.746. The highest BCUT2D eigenvalue weighted by atomic mass is 19.4. The highest BCUT2D eigenvalue weighted by Crippen LogP contribution is 2.38. The third-order valence-corrected chi connectivity index (χ3v) is 3.48. The third kappa shape index (κ3) is 4.15. The van der Waals surface area contributed by atoms with Crippen LogP contribution in [0.25, 0.3) is 10.8 Å². The Morgan fingerprint density at radius 2 is 1.64 bits per heavy atom. The summed E-state index contributed by atoms with van der Waals surface area (Å²) in [6.45, 7) is 0.487. The van der Waals surface area contributed by atoms with E-state index in [9.17, 15) is 31.1 Å². The number of fused-ring (bicyclic) bond motifs is 1. The van der Waals surface area contributed by atoms with Crippen LogP contribution in [0.4, 0.5) is 36.8 Å². The zero-order chi connectivity index (χ0) is 18.8. The van der Waals surface area contributed by atoms with Crippen molar-refractivity contribution in [3.05, 3.63) is 42.5 Å². The van der Waals surface area contributed by atoms with Gasteiger partial charge in [-0.2, -0.15) is 22.0 Å². The van der Waals surface area contributed by atoms with Crippen molar-refractivity contribution in [1.82, 2.24) is 0 Å². The first-order chi connectivity index (χ1) is 11.5. The molecule has 0 radical (unpaired) electrons. The molecule has 1 amide bonds. The fourth-order valence-electron chi connectivity index (χ4n) is 2.14. The average molecular weight is 365 g/mol. The first kappa shape index (κ1) is 18.9. The van der Waals surface area contributed by atoms with E-state index in [4.69, 9.17) is 0 Å². The van der Waals surface area contributed by atoms with Crippen molar-refractivity contribution in [3.8, 4) is 0 Å². The Balaban J connectivity index is 2.11. The molecule has 0 heterocycles. The first-order valence-corrected chi connectivity index (χ1v) is 7.07. The predicted molar refractivity (Wildman–Crippen MR) is 79.4 cm³/mol. The van der Waals surface area contributed by atoms with Crippen LogP contribution in [0.15, 0.2) is 42.5 Å². The summed E-state index contributed by atoms with van der Waals surface area (Å²) in [5.74, 6) is -4.92. The number of carbonyl (C=O) groups excluding carboxylic acids is 1. The Labute approximate surface area is 138 Å². The highest BCUT2D eigenvalue weighted by Gasteiger charge is 2.60. The summed E-state index contributed by atoms with van der Waals surface area (Å²) >= 11 is 0. The van der Waals surface area contributed by atoms with Gasteiger partial charge in [-0.3, -0.25) is 5.32 Å². The molecule has 3 nitrogen and oxygen atoms in total. The summed E-state index contributed by atoms with van der Waals surface area (Å²) < 4.78 is 80.6. The molecule has 0 aliphatic carbocycles. The molecule has 0 fully saturated rings. The van der Waals surface area contributed by atoms with E-state index < -0.39 is 30.5 Å². The highest BCUT2D eigenvalue weighted by molar-refractivity contribution is 6.00. The Bertz CT molecular complexity index is 756. The van der Waals surface area contributed by atoms with Crippen LogP contribution < -0.4 is 5.32 Å². The molecule has 0 aliphatic heterocycles. The lowest BCUT2D eigenvalue weighted by atomic mass is 10.1. The minimum absolute atomic E-state index is 0.214. The van der Waals surface area contributed by atoms with Crippen molar-refractivity contribution in [2.45, 2.75) is 31.3 Å². The van der Waals surface area contributed by atoms with Crippen LogP contribution in [0.2, 0.25) is 0 Å². The van der Waals surface area contributed by atoms with E-state index in [2.05, 4.69) is 10.1 Å². The number of benzene rings is 2. The molecule has 0 spiro atoms. The lowest BCUT2D eigenvalue weighted by Crippen LogP contribution is -2.50. The molecular formula is C16H13F6NO2. The summed E-state index contributed by atoms with van der Waals surface area (Å²) in [6.07, 6.45) is -14.3. The number of halogens is 6. The minimum atomic E-state index is -5.77. The van der Waals surface area contributed by atoms with Gasteiger partial charge in [0, 0.05) is 5.39 Å². The van der Waals surface area contributed by atoms with E-state index in [1.807, 2.05) is 0 Å². The van der Waals surface area contributed by atoms with E-state index in [-0.39, 0.29) is 5.69 Å². The number of rotatable bonds is 4. The van der Waals surface area contributed by atoms with Gasteiger partial charge in [-0.25, -0.2) is 9.18 Å². The van der Waals surface area contributed by atoms with Gasteiger partial charge < -0.3 is 4.74 Å². The summed E-state index contributed by atoms with van der Waals surface area (Å²) in [5, 5.41) is 3.47. The number of hydrogen-bond acceptors (Lipinski definition) is 2. The molecule has 2 rings (SSSR count). The monoisotopic (exact) mass is 365 g/mol. The van der Waals surface area contributed by atoms with E-state index in [0.29, 0.717) is 12.3 Å². The normalized spacial score (nSPS) is 14.8. The van der Waals surface area contributed by atoms with Crippen LogP contribution in [0.1, 0.15) is 6.92 Å². The van der Waals surface area contributed by atoms with E-state index in [1.165, 1.54) is 6.07 Å². The summed E-state index contributed by atoms with van der Waals surface area (Å²) in [5.41, 5.74) is 0.214. The van der Waals surface area contributed by atoms with Crippen LogP contribution in [-0.4, -0.2) is 30.5 Å². The van der Waals surface area contributed by atoms with Crippen molar-refractivity contribution in [2.24, 2.45) is 0 Å². The number of amides is 1. The van der Waals surface area contributed by atoms with Gasteiger partial charge in [0.05, 0.1) is 5.69 Å². The predicted octanol–water partition coefficient (Wildman–Crippen LogP) is 5.31. The van der Waals surface area contributed by atoms with Gasteiger partial charge in [0.15, 0.2) is 6.10 Å². The maximum Gasteiger partial charge on any atom is 0.425 e. The minimum Gasteiger partial charge on any atom is -0.440 e. The van der Waals surface area contributed by atoms with Crippen LogP contribution in [0.3, 0.4) is 0 Å². The molecule has 0 unspecified atom stereocenters. The second kappa shape index (κ2) is 6.81. The molecule has 0 bridgehead atoms. The van der Waals surface area contributed by atoms with Crippen molar-refractivity contribution in [1.29, 1.82) is 0 Å². The Kier molecular flexibility index (Phi) is 5.15. The van der Waals surface area contributed by atoms with Gasteiger partial charge in [0.2, 0.25) is 0 Å². The van der Waals surface area contributed by atoms with Gasteiger partial charge in [0.1, 0.15) is 0 Å². The number of anilines is 1. The van der Waals surface area contributed by atoms with Crippen LogP contribution in [0.5, 0.6) is 0 Å². The van der Waals surface area contributed by atoms with Gasteiger partial charge in [0.25, 0.3) is 6.17 Å². The van der Waals surface area contributed by atoms with Crippen LogP contribution >= 0.6 is 0 Å². The SMILES string of the molecule is C[C@@H](OC(=O)Nc1cccc2ccccc12)C(F)(F)[C@@H](F)C(F)(F)F. The maximum atomic E-state index is 13.5. The number of hydrogen-bond donors (Lipinski definition) is 1. The first-order valence-electron chi connectivity index (χ1n) is 7.07. The Morgan fingerprint density at radius 1 is 1.04 bits per heavy atom. The number of ether oxygens (including phenoxy) is 1. The van der Waals surface area contributed by atoms with Crippen molar-refractivity contribution >= 4 is 22.6 Å². The molecule has 0 aliphatic rings. The molecule has 1 N–H and O–H groups in total. The van der Waals surface area contributed by atoms with Crippen LogP contribution in [0, 0.1) is 0 Å². The molecular weight excluding hydrogens is 352 g/mol. The standard InChI is InChI=1S/C16H13F6NO2/c1-9(15(18,19)13(17)16(20,21)22)25-14(24)23-12-8-4-6-10-5-2-3-7-11(10)12/h2-9,13H,1H3,(H,23,24)/t9-,13-/m1/s1. The van der Waals surface area contributed by atoms with Gasteiger partial charge >= 0.3 is 18.2 Å². The van der Waals surface area contributed by atoms with E-state index >= 15 is 0 Å². The molecule has 136 valence electrons. The number of alkyl halides is 6. The number of nitrogens with one attached hydrogen (secondary N) is 1. The molecule has 0 saturated carbocycles. The Morgan fingerprint density at radius 3 is 2.28 bits per heavy atom. The molecule has 2 aromatic carbocycles. The second-order valence-corrected chi connectivity index (χ2v) is 5.28. The maximum absolute atomic E-state index is 13.5. The van der Waals surface area contributed by atoms with Gasteiger partial charge in [-0.15, -0.1) is 0 Å². The van der Waals surface area contributed by atoms with Gasteiger partial charge in [-0.1, -0.05) is 36.4 Å². The third-order valence-electron chi connectivity index (χ3n) is 3.48. The average Bonchev–Trinajstić information content (AvgIpc) is 2.53. The summed E-state index contributed by atoms with van der Waals surface area (Å²) in [6, 6.07) is 11.6. The fraction of sp³-hybridized carbons (Fsp3) is 0.312. The zero-order valence-corrected chi connectivity index (χ0v) is 12.8. The lowest BCUT2D eigenvalue weighted by Gasteiger charge is -2.27. The van der Waals surface area contributed by atoms with E-state index in [1.54, 1.807) is 36.4 Å². The molecule has 2 atom stereocenters.